The summed E-state index contributed by atoms with van der Waals surface area (Å²) in [5.41, 5.74) is 3.43. The number of amides is 1. The molecular weight excluding hydrogens is 364 g/mol. The molecular formula is C20H26N2O4S. The molecule has 0 aliphatic heterocycles. The van der Waals surface area contributed by atoms with Gasteiger partial charge in [0.15, 0.2) is 0 Å². The molecule has 0 saturated heterocycles. The second kappa shape index (κ2) is 8.90. The van der Waals surface area contributed by atoms with Crippen molar-refractivity contribution in [1.29, 1.82) is 0 Å². The molecule has 27 heavy (non-hydrogen) atoms. The molecule has 0 aromatic heterocycles. The summed E-state index contributed by atoms with van der Waals surface area (Å²) in [5, 5.41) is 2.81. The fourth-order valence-corrected chi connectivity index (χ4v) is 3.54. The number of aryl methyl sites for hydroxylation is 2. The number of benzene rings is 2. The van der Waals surface area contributed by atoms with E-state index >= 15 is 0 Å². The Kier molecular flexibility index (Phi) is 6.85. The highest BCUT2D eigenvalue weighted by Crippen LogP contribution is 2.22. The van der Waals surface area contributed by atoms with Crippen molar-refractivity contribution in [3.63, 3.8) is 0 Å². The van der Waals surface area contributed by atoms with Crippen molar-refractivity contribution in [1.82, 2.24) is 0 Å². The van der Waals surface area contributed by atoms with Crippen LogP contribution in [-0.2, 0) is 14.8 Å². The van der Waals surface area contributed by atoms with E-state index in [1.807, 2.05) is 39.0 Å². The number of anilines is 2. The quantitative estimate of drug-likeness (QED) is 0.749. The highest BCUT2D eigenvalue weighted by atomic mass is 32.2. The molecule has 0 aliphatic rings. The number of sulfonamides is 1. The van der Waals surface area contributed by atoms with E-state index in [0.717, 1.165) is 17.4 Å². The van der Waals surface area contributed by atoms with E-state index in [1.165, 1.54) is 4.31 Å². The van der Waals surface area contributed by atoms with E-state index in [-0.39, 0.29) is 18.9 Å². The number of carbonyl (C=O) groups excluding carboxylic acids is 1. The Bertz CT molecular complexity index is 893. The first-order chi connectivity index (χ1) is 12.7. The summed E-state index contributed by atoms with van der Waals surface area (Å²) in [6.45, 7) is 6.45. The van der Waals surface area contributed by atoms with E-state index in [9.17, 15) is 13.2 Å². The summed E-state index contributed by atoms with van der Waals surface area (Å²) in [4.78, 5) is 12.3. The largest absolute Gasteiger partial charge is 0.494 e. The molecule has 7 heteroatoms. The lowest BCUT2D eigenvalue weighted by atomic mass is 10.1. The lowest BCUT2D eigenvalue weighted by Gasteiger charge is -2.22. The predicted octanol–water partition coefficient (Wildman–Crippen LogP) is 3.50. The van der Waals surface area contributed by atoms with Gasteiger partial charge in [-0.2, -0.15) is 0 Å². The third-order valence-electron chi connectivity index (χ3n) is 4.17. The van der Waals surface area contributed by atoms with Gasteiger partial charge in [0.25, 0.3) is 0 Å². The molecule has 0 aliphatic carbocycles. The number of nitrogens with one attached hydrogen (secondary N) is 1. The van der Waals surface area contributed by atoms with Crippen molar-refractivity contribution in [2.75, 3.05) is 29.0 Å². The Hall–Kier alpha value is -2.54. The van der Waals surface area contributed by atoms with Gasteiger partial charge in [-0.05, 0) is 68.3 Å². The molecule has 146 valence electrons. The Labute approximate surface area is 161 Å². The van der Waals surface area contributed by atoms with Crippen LogP contribution in [0.15, 0.2) is 42.5 Å². The molecule has 1 amide bonds. The van der Waals surface area contributed by atoms with Crippen LogP contribution in [0.5, 0.6) is 5.75 Å². The Morgan fingerprint density at radius 2 is 1.74 bits per heavy atom. The maximum atomic E-state index is 12.3. The van der Waals surface area contributed by atoms with E-state index < -0.39 is 10.0 Å². The summed E-state index contributed by atoms with van der Waals surface area (Å²) in [6.07, 6.45) is 1.18. The van der Waals surface area contributed by atoms with Crippen LogP contribution in [0.25, 0.3) is 0 Å². The van der Waals surface area contributed by atoms with Crippen LogP contribution in [-0.4, -0.2) is 33.7 Å². The summed E-state index contributed by atoms with van der Waals surface area (Å²) in [7, 11) is -3.51. The van der Waals surface area contributed by atoms with Crippen LogP contribution < -0.4 is 14.4 Å². The van der Waals surface area contributed by atoms with E-state index in [1.54, 1.807) is 24.3 Å². The smallest absolute Gasteiger partial charge is 0.232 e. The molecule has 0 bridgehead atoms. The third kappa shape index (κ3) is 5.99. The molecule has 0 fully saturated rings. The van der Waals surface area contributed by atoms with Crippen molar-refractivity contribution in [2.45, 2.75) is 27.2 Å². The first-order valence-corrected chi connectivity index (χ1v) is 10.6. The van der Waals surface area contributed by atoms with Gasteiger partial charge in [-0.15, -0.1) is 0 Å². The van der Waals surface area contributed by atoms with Crippen molar-refractivity contribution < 1.29 is 17.9 Å². The van der Waals surface area contributed by atoms with Gasteiger partial charge in [0.1, 0.15) is 5.75 Å². The van der Waals surface area contributed by atoms with Crippen LogP contribution in [0, 0.1) is 13.8 Å². The third-order valence-corrected chi connectivity index (χ3v) is 5.36. The molecule has 2 aromatic rings. The number of hydrogen-bond donors (Lipinski definition) is 1. The molecule has 6 nitrogen and oxygen atoms in total. The summed E-state index contributed by atoms with van der Waals surface area (Å²) >= 11 is 0. The van der Waals surface area contributed by atoms with Gasteiger partial charge in [-0.3, -0.25) is 9.10 Å². The highest BCUT2D eigenvalue weighted by molar-refractivity contribution is 7.92. The normalized spacial score (nSPS) is 11.1. The van der Waals surface area contributed by atoms with Gasteiger partial charge < -0.3 is 10.1 Å². The van der Waals surface area contributed by atoms with Crippen molar-refractivity contribution in [2.24, 2.45) is 0 Å². The van der Waals surface area contributed by atoms with Crippen LogP contribution in [0.4, 0.5) is 11.4 Å². The second-order valence-corrected chi connectivity index (χ2v) is 8.27. The molecule has 0 saturated carbocycles. The van der Waals surface area contributed by atoms with E-state index in [4.69, 9.17) is 4.74 Å². The Balaban J connectivity index is 2.05. The lowest BCUT2D eigenvalue weighted by Crippen LogP contribution is -2.33. The van der Waals surface area contributed by atoms with Crippen molar-refractivity contribution >= 4 is 27.3 Å². The minimum Gasteiger partial charge on any atom is -0.494 e. The summed E-state index contributed by atoms with van der Waals surface area (Å²) in [6, 6.07) is 12.4. The summed E-state index contributed by atoms with van der Waals surface area (Å²) < 4.78 is 30.9. The maximum absolute atomic E-state index is 12.3. The zero-order chi connectivity index (χ0) is 20.0. The first-order valence-electron chi connectivity index (χ1n) is 8.78. The lowest BCUT2D eigenvalue weighted by molar-refractivity contribution is -0.116. The van der Waals surface area contributed by atoms with Crippen LogP contribution in [0.3, 0.4) is 0 Å². The zero-order valence-electron chi connectivity index (χ0n) is 16.2. The molecule has 0 unspecified atom stereocenters. The topological polar surface area (TPSA) is 75.7 Å². The van der Waals surface area contributed by atoms with Gasteiger partial charge >= 0.3 is 0 Å². The number of nitrogens with zero attached hydrogens (tertiary/aromatic N) is 1. The first kappa shape index (κ1) is 20.8. The fraction of sp³-hybridized carbons (Fsp3) is 0.350. The minimum absolute atomic E-state index is 0.0488. The average Bonchev–Trinajstić information content (AvgIpc) is 2.59. The van der Waals surface area contributed by atoms with Crippen LogP contribution in [0.2, 0.25) is 0 Å². The Morgan fingerprint density at radius 1 is 1.07 bits per heavy atom. The molecule has 0 heterocycles. The van der Waals surface area contributed by atoms with Crippen LogP contribution in [0.1, 0.15) is 24.5 Å². The predicted molar refractivity (Wildman–Crippen MR) is 109 cm³/mol. The van der Waals surface area contributed by atoms with Crippen molar-refractivity contribution in [3.05, 3.63) is 53.6 Å². The monoisotopic (exact) mass is 390 g/mol. The molecule has 2 aromatic carbocycles. The molecule has 0 radical (unpaired) electrons. The van der Waals surface area contributed by atoms with Gasteiger partial charge in [0.05, 0.1) is 18.6 Å². The van der Waals surface area contributed by atoms with Gasteiger partial charge in [0, 0.05) is 18.7 Å². The van der Waals surface area contributed by atoms with Gasteiger partial charge in [-0.25, -0.2) is 8.42 Å². The number of hydrogen-bond acceptors (Lipinski definition) is 4. The number of carbonyl (C=O) groups is 1. The standard InChI is InChI=1S/C20H26N2O4S/c1-5-26-19-10-8-18(9-11-19)22(27(4,24)25)13-12-20(23)21-17-7-6-15(2)16(3)14-17/h6-11,14H,5,12-13H2,1-4H3,(H,21,23). The van der Waals surface area contributed by atoms with E-state index in [2.05, 4.69) is 5.32 Å². The number of ether oxygens (including phenoxy) is 1. The minimum atomic E-state index is -3.51. The number of rotatable bonds is 8. The zero-order valence-corrected chi connectivity index (χ0v) is 17.0. The summed E-state index contributed by atoms with van der Waals surface area (Å²) in [5.74, 6) is 0.431. The highest BCUT2D eigenvalue weighted by Gasteiger charge is 2.19. The SMILES string of the molecule is CCOc1ccc(N(CCC(=O)Nc2ccc(C)c(C)c2)S(C)(=O)=O)cc1. The Morgan fingerprint density at radius 3 is 2.30 bits per heavy atom. The second-order valence-electron chi connectivity index (χ2n) is 6.36. The average molecular weight is 391 g/mol. The maximum Gasteiger partial charge on any atom is 0.232 e. The molecule has 0 atom stereocenters. The van der Waals surface area contributed by atoms with Crippen molar-refractivity contribution in [3.8, 4) is 5.75 Å². The molecule has 0 spiro atoms. The van der Waals surface area contributed by atoms with Gasteiger partial charge in [-0.1, -0.05) is 6.07 Å². The van der Waals surface area contributed by atoms with E-state index in [0.29, 0.717) is 23.7 Å². The molecule has 1 N–H and O–H groups in total. The van der Waals surface area contributed by atoms with Gasteiger partial charge in [0.2, 0.25) is 15.9 Å². The van der Waals surface area contributed by atoms with Crippen LogP contribution >= 0.6 is 0 Å². The molecule has 2 rings (SSSR count). The fourth-order valence-electron chi connectivity index (χ4n) is 2.61.